The molecule has 0 saturated carbocycles. The number of likely N-dealkylation sites (tertiary alicyclic amines) is 1. The fourth-order valence-corrected chi connectivity index (χ4v) is 3.70. The maximum atomic E-state index is 13.2. The summed E-state index contributed by atoms with van der Waals surface area (Å²) in [6.45, 7) is 4.38. The fourth-order valence-electron chi connectivity index (χ4n) is 3.70. The van der Waals surface area contributed by atoms with Crippen molar-refractivity contribution in [1.29, 1.82) is 0 Å². The Morgan fingerprint density at radius 1 is 0.900 bits per heavy atom. The zero-order valence-electron chi connectivity index (χ0n) is 17.6. The molecule has 6 nitrogen and oxygen atoms in total. The van der Waals surface area contributed by atoms with Crippen molar-refractivity contribution >= 4 is 17.9 Å². The summed E-state index contributed by atoms with van der Waals surface area (Å²) in [6.07, 6.45) is 4.75. The van der Waals surface area contributed by atoms with Gasteiger partial charge in [0.15, 0.2) is 28.8 Å². The van der Waals surface area contributed by atoms with Crippen LogP contribution in [0, 0.1) is 0 Å². The van der Waals surface area contributed by atoms with Gasteiger partial charge < -0.3 is 24.6 Å². The van der Waals surface area contributed by atoms with Crippen LogP contribution < -0.4 is 14.4 Å². The zero-order chi connectivity index (χ0) is 21.7. The lowest BCUT2D eigenvalue weighted by atomic mass is 9.94. The molecule has 1 unspecified atom stereocenters. The second-order valence-electron chi connectivity index (χ2n) is 7.38. The number of nitrogens with one attached hydrogen (secondary N) is 1. The number of ketones is 1. The van der Waals surface area contributed by atoms with Crippen molar-refractivity contribution in [2.75, 3.05) is 33.9 Å². The number of benzene rings is 2. The topological polar surface area (TPSA) is 80.4 Å². The van der Waals surface area contributed by atoms with Crippen LogP contribution in [0.15, 0.2) is 47.5 Å². The Bertz CT molecular complexity index is 918. The van der Waals surface area contributed by atoms with Crippen molar-refractivity contribution < 1.29 is 29.4 Å². The molecule has 0 spiro atoms. The third kappa shape index (κ3) is 4.83. The van der Waals surface area contributed by atoms with E-state index in [2.05, 4.69) is 6.92 Å². The molecule has 158 valence electrons. The minimum atomic E-state index is 0.00827. The van der Waals surface area contributed by atoms with E-state index in [0.29, 0.717) is 24.6 Å². The first kappa shape index (κ1) is 21.5. The SMILES string of the molecule is CCC[NH+]1CC(=Cc2ccc(O)c(OC)c2)C(=O)/C(=C/c2ccc(O)c(OC)c2)C1. The smallest absolute Gasteiger partial charge is 0.196 e. The summed E-state index contributed by atoms with van der Waals surface area (Å²) < 4.78 is 10.4. The van der Waals surface area contributed by atoms with Gasteiger partial charge in [-0.15, -0.1) is 0 Å². The largest absolute Gasteiger partial charge is 0.504 e. The molecule has 1 atom stereocenters. The van der Waals surface area contributed by atoms with Gasteiger partial charge in [-0.05, 0) is 54.0 Å². The van der Waals surface area contributed by atoms with Gasteiger partial charge in [0.05, 0.1) is 31.9 Å². The van der Waals surface area contributed by atoms with Gasteiger partial charge in [0.1, 0.15) is 13.1 Å². The number of phenolic OH excluding ortho intramolecular Hbond substituents is 2. The molecule has 0 amide bonds. The van der Waals surface area contributed by atoms with Crippen LogP contribution in [0.1, 0.15) is 24.5 Å². The Labute approximate surface area is 176 Å². The molecule has 30 heavy (non-hydrogen) atoms. The zero-order valence-corrected chi connectivity index (χ0v) is 17.6. The lowest BCUT2D eigenvalue weighted by Gasteiger charge is -2.26. The van der Waals surface area contributed by atoms with E-state index in [1.807, 2.05) is 12.2 Å². The molecule has 0 aliphatic carbocycles. The number of phenols is 2. The van der Waals surface area contributed by atoms with Crippen LogP contribution in [0.2, 0.25) is 0 Å². The number of Topliss-reactive ketones (excluding diaryl/α,β-unsaturated/α-hetero) is 1. The highest BCUT2D eigenvalue weighted by Gasteiger charge is 2.29. The minimum Gasteiger partial charge on any atom is -0.504 e. The van der Waals surface area contributed by atoms with Gasteiger partial charge in [-0.1, -0.05) is 19.1 Å². The normalized spacial score (nSPS) is 19.3. The standard InChI is InChI=1S/C24H27NO5/c1-4-9-25-14-18(10-16-5-7-20(26)22(12-16)29-2)24(28)19(15-25)11-17-6-8-21(27)23(13-17)30-3/h5-8,10-13,26-27H,4,9,14-15H2,1-3H3/p+1/b18-10+,19-11?. The lowest BCUT2D eigenvalue weighted by molar-refractivity contribution is -0.891. The Morgan fingerprint density at radius 3 is 1.77 bits per heavy atom. The molecule has 1 aliphatic rings. The molecule has 2 aromatic carbocycles. The maximum Gasteiger partial charge on any atom is 0.196 e. The molecule has 0 aromatic heterocycles. The third-order valence-electron chi connectivity index (χ3n) is 5.16. The van der Waals surface area contributed by atoms with Gasteiger partial charge >= 0.3 is 0 Å². The summed E-state index contributed by atoms with van der Waals surface area (Å²) in [5.41, 5.74) is 3.04. The van der Waals surface area contributed by atoms with Crippen LogP contribution in [0.5, 0.6) is 23.0 Å². The van der Waals surface area contributed by atoms with E-state index in [0.717, 1.165) is 35.2 Å². The Morgan fingerprint density at radius 2 is 1.37 bits per heavy atom. The van der Waals surface area contributed by atoms with Gasteiger partial charge in [-0.25, -0.2) is 0 Å². The van der Waals surface area contributed by atoms with Crippen LogP contribution in [-0.2, 0) is 4.79 Å². The Balaban J connectivity index is 1.98. The highest BCUT2D eigenvalue weighted by Crippen LogP contribution is 2.29. The number of rotatable bonds is 6. The average molecular weight is 410 g/mol. The third-order valence-corrected chi connectivity index (χ3v) is 5.16. The van der Waals surface area contributed by atoms with Crippen molar-refractivity contribution in [1.82, 2.24) is 0 Å². The van der Waals surface area contributed by atoms with Gasteiger partial charge in [0, 0.05) is 0 Å². The predicted molar refractivity (Wildman–Crippen MR) is 116 cm³/mol. The fraction of sp³-hybridized carbons (Fsp3) is 0.292. The second kappa shape index (κ2) is 9.50. The maximum absolute atomic E-state index is 13.2. The number of methoxy groups -OCH3 is 2. The van der Waals surface area contributed by atoms with E-state index in [9.17, 15) is 15.0 Å². The van der Waals surface area contributed by atoms with Crippen molar-refractivity contribution in [3.05, 3.63) is 58.7 Å². The first-order valence-corrected chi connectivity index (χ1v) is 9.98. The number of piperidine rings is 1. The number of quaternary nitrogens is 1. The number of hydrogen-bond acceptors (Lipinski definition) is 5. The van der Waals surface area contributed by atoms with Crippen LogP contribution in [0.25, 0.3) is 12.2 Å². The van der Waals surface area contributed by atoms with Crippen LogP contribution in [0.4, 0.5) is 0 Å². The Hall–Kier alpha value is -3.25. The molecule has 1 fully saturated rings. The second-order valence-corrected chi connectivity index (χ2v) is 7.38. The summed E-state index contributed by atoms with van der Waals surface area (Å²) in [5.74, 6) is 0.882. The molecular weight excluding hydrogens is 382 g/mol. The van der Waals surface area contributed by atoms with E-state index in [1.54, 1.807) is 36.4 Å². The summed E-state index contributed by atoms with van der Waals surface area (Å²) in [7, 11) is 3.00. The molecule has 0 bridgehead atoms. The quantitative estimate of drug-likeness (QED) is 0.638. The minimum absolute atomic E-state index is 0.00827. The van der Waals surface area contributed by atoms with E-state index < -0.39 is 0 Å². The van der Waals surface area contributed by atoms with Crippen LogP contribution in [-0.4, -0.2) is 49.9 Å². The summed E-state index contributed by atoms with van der Waals surface area (Å²) in [5, 5.41) is 19.6. The molecule has 3 rings (SSSR count). The van der Waals surface area contributed by atoms with Gasteiger partial charge in [0.2, 0.25) is 0 Å². The molecule has 1 heterocycles. The molecule has 3 N–H and O–H groups in total. The molecule has 2 aromatic rings. The molecule has 1 aliphatic heterocycles. The van der Waals surface area contributed by atoms with Crippen molar-refractivity contribution in [3.8, 4) is 23.0 Å². The van der Waals surface area contributed by atoms with E-state index in [1.165, 1.54) is 19.1 Å². The first-order chi connectivity index (χ1) is 14.4. The molecule has 0 radical (unpaired) electrons. The molecular formula is C24H28NO5+. The van der Waals surface area contributed by atoms with Gasteiger partial charge in [0.25, 0.3) is 0 Å². The number of carbonyl (C=O) groups excluding carboxylic acids is 1. The monoisotopic (exact) mass is 410 g/mol. The van der Waals surface area contributed by atoms with E-state index >= 15 is 0 Å². The number of ether oxygens (including phenoxy) is 2. The highest BCUT2D eigenvalue weighted by atomic mass is 16.5. The van der Waals surface area contributed by atoms with Gasteiger partial charge in [-0.2, -0.15) is 0 Å². The average Bonchev–Trinajstić information content (AvgIpc) is 2.74. The van der Waals surface area contributed by atoms with Crippen LogP contribution in [0.3, 0.4) is 0 Å². The first-order valence-electron chi connectivity index (χ1n) is 9.98. The summed E-state index contributed by atoms with van der Waals surface area (Å²) in [6, 6.07) is 10.1. The van der Waals surface area contributed by atoms with E-state index in [-0.39, 0.29) is 17.3 Å². The van der Waals surface area contributed by atoms with Crippen molar-refractivity contribution in [2.24, 2.45) is 0 Å². The summed E-state index contributed by atoms with van der Waals surface area (Å²) >= 11 is 0. The van der Waals surface area contributed by atoms with Crippen molar-refractivity contribution in [2.45, 2.75) is 13.3 Å². The number of carbonyl (C=O) groups is 1. The summed E-state index contributed by atoms with van der Waals surface area (Å²) in [4.78, 5) is 14.5. The predicted octanol–water partition coefficient (Wildman–Crippen LogP) is 2.46. The number of aromatic hydroxyl groups is 2. The van der Waals surface area contributed by atoms with Crippen LogP contribution >= 0.6 is 0 Å². The van der Waals surface area contributed by atoms with Gasteiger partial charge in [-0.3, -0.25) is 4.79 Å². The molecule has 6 heteroatoms. The lowest BCUT2D eigenvalue weighted by Crippen LogP contribution is -3.13. The Kier molecular flexibility index (Phi) is 6.79. The van der Waals surface area contributed by atoms with Crippen molar-refractivity contribution in [3.63, 3.8) is 0 Å². The molecule has 1 saturated heterocycles. The highest BCUT2D eigenvalue weighted by molar-refractivity contribution is 6.14. The van der Waals surface area contributed by atoms with E-state index in [4.69, 9.17) is 9.47 Å². The number of hydrogen-bond donors (Lipinski definition) is 3.